The number of rotatable bonds is 5. The van der Waals surface area contributed by atoms with Crippen LogP contribution in [0.5, 0.6) is 0 Å². The van der Waals surface area contributed by atoms with Gasteiger partial charge in [-0.05, 0) is 19.3 Å². The smallest absolute Gasteiger partial charge is 0.108 e. The summed E-state index contributed by atoms with van der Waals surface area (Å²) in [5.41, 5.74) is 6.89. The van der Waals surface area contributed by atoms with Crippen molar-refractivity contribution in [3.05, 3.63) is 17.7 Å². The van der Waals surface area contributed by atoms with Crippen molar-refractivity contribution in [3.8, 4) is 0 Å². The quantitative estimate of drug-likeness (QED) is 0.853. The first-order valence-electron chi connectivity index (χ1n) is 7.08. The molecule has 2 rings (SSSR count). The first-order valence-corrected chi connectivity index (χ1v) is 7.08. The van der Waals surface area contributed by atoms with Gasteiger partial charge in [-0.15, -0.1) is 0 Å². The third kappa shape index (κ3) is 3.09. The molecule has 0 unspecified atom stereocenters. The highest BCUT2D eigenvalue weighted by Gasteiger charge is 2.15. The molecule has 1 fully saturated rings. The normalized spacial score (nSPS) is 17.5. The van der Waals surface area contributed by atoms with Gasteiger partial charge in [0, 0.05) is 25.7 Å². The van der Waals surface area contributed by atoms with Crippen LogP contribution in [0.25, 0.3) is 0 Å². The highest BCUT2D eigenvalue weighted by Crippen LogP contribution is 2.27. The van der Waals surface area contributed by atoms with E-state index in [-0.39, 0.29) is 0 Å². The van der Waals surface area contributed by atoms with Gasteiger partial charge in [0.05, 0.1) is 5.69 Å². The van der Waals surface area contributed by atoms with Gasteiger partial charge in [0.2, 0.25) is 0 Å². The van der Waals surface area contributed by atoms with E-state index in [9.17, 15) is 0 Å². The maximum Gasteiger partial charge on any atom is 0.108 e. The minimum atomic E-state index is 0.601. The van der Waals surface area contributed by atoms with Gasteiger partial charge >= 0.3 is 0 Å². The van der Waals surface area contributed by atoms with Gasteiger partial charge in [-0.1, -0.05) is 32.1 Å². The zero-order chi connectivity index (χ0) is 12.1. The second-order valence-electron chi connectivity index (χ2n) is 5.16. The molecule has 3 heteroatoms. The third-order valence-corrected chi connectivity index (χ3v) is 4.05. The number of aromatic nitrogens is 2. The molecule has 1 aliphatic carbocycles. The Bertz CT molecular complexity index is 337. The van der Waals surface area contributed by atoms with Crippen LogP contribution in [0.2, 0.25) is 0 Å². The molecule has 3 nitrogen and oxygen atoms in total. The fraction of sp³-hybridized carbons (Fsp3) is 0.786. The van der Waals surface area contributed by atoms with Gasteiger partial charge in [-0.2, -0.15) is 0 Å². The summed E-state index contributed by atoms with van der Waals surface area (Å²) in [5, 5.41) is 0. The minimum absolute atomic E-state index is 0.601. The lowest BCUT2D eigenvalue weighted by molar-refractivity contribution is 0.336. The molecule has 1 heterocycles. The Balaban J connectivity index is 1.91. The second kappa shape index (κ2) is 6.20. The molecular weight excluding hydrogens is 210 g/mol. The van der Waals surface area contributed by atoms with Crippen molar-refractivity contribution >= 4 is 0 Å². The molecule has 0 radical (unpaired) electrons. The van der Waals surface area contributed by atoms with E-state index in [0.29, 0.717) is 6.54 Å². The molecule has 96 valence electrons. The zero-order valence-corrected chi connectivity index (χ0v) is 11.0. The first kappa shape index (κ1) is 12.6. The third-order valence-electron chi connectivity index (χ3n) is 4.05. The van der Waals surface area contributed by atoms with Crippen LogP contribution in [0.4, 0.5) is 0 Å². The summed E-state index contributed by atoms with van der Waals surface area (Å²) in [6.07, 6.45) is 11.5. The van der Waals surface area contributed by atoms with Gasteiger partial charge in [-0.3, -0.25) is 0 Å². The maximum absolute atomic E-state index is 5.72. The Kier molecular flexibility index (Phi) is 4.60. The molecule has 0 aliphatic heterocycles. The largest absolute Gasteiger partial charge is 0.331 e. The van der Waals surface area contributed by atoms with E-state index in [4.69, 9.17) is 5.73 Å². The Labute approximate surface area is 104 Å². The van der Waals surface area contributed by atoms with Gasteiger partial charge in [0.25, 0.3) is 0 Å². The van der Waals surface area contributed by atoms with E-state index in [1.54, 1.807) is 0 Å². The lowest BCUT2D eigenvalue weighted by atomic mass is 9.86. The Morgan fingerprint density at radius 1 is 1.35 bits per heavy atom. The molecule has 2 N–H and O–H groups in total. The average molecular weight is 235 g/mol. The van der Waals surface area contributed by atoms with Crippen molar-refractivity contribution in [1.82, 2.24) is 9.55 Å². The summed E-state index contributed by atoms with van der Waals surface area (Å²) >= 11 is 0. The van der Waals surface area contributed by atoms with Crippen molar-refractivity contribution in [2.45, 2.75) is 65.0 Å². The molecule has 0 aromatic carbocycles. The van der Waals surface area contributed by atoms with E-state index in [1.165, 1.54) is 50.0 Å². The Morgan fingerprint density at radius 2 is 2.12 bits per heavy atom. The van der Waals surface area contributed by atoms with Crippen LogP contribution in [0, 0.1) is 5.92 Å². The molecule has 17 heavy (non-hydrogen) atoms. The Hall–Kier alpha value is -0.830. The van der Waals surface area contributed by atoms with E-state index < -0.39 is 0 Å². The standard InChI is InChI=1S/C14H25N3/c1-2-17-13(10-15)11-16-14(17)9-8-12-6-4-3-5-7-12/h11-12H,2-10,15H2,1H3. The van der Waals surface area contributed by atoms with Crippen molar-refractivity contribution < 1.29 is 0 Å². The van der Waals surface area contributed by atoms with E-state index in [2.05, 4.69) is 16.5 Å². The maximum atomic E-state index is 5.72. The lowest BCUT2D eigenvalue weighted by Crippen LogP contribution is -2.12. The number of nitrogens with zero attached hydrogens (tertiary/aromatic N) is 2. The van der Waals surface area contributed by atoms with E-state index in [0.717, 1.165) is 18.9 Å². The summed E-state index contributed by atoms with van der Waals surface area (Å²) in [6, 6.07) is 0. The van der Waals surface area contributed by atoms with E-state index >= 15 is 0 Å². The summed E-state index contributed by atoms with van der Waals surface area (Å²) in [5.74, 6) is 2.17. The minimum Gasteiger partial charge on any atom is -0.331 e. The van der Waals surface area contributed by atoms with Gasteiger partial charge in [-0.25, -0.2) is 4.98 Å². The molecule has 0 spiro atoms. The predicted molar refractivity (Wildman–Crippen MR) is 70.7 cm³/mol. The summed E-state index contributed by atoms with van der Waals surface area (Å²) < 4.78 is 2.28. The molecule has 1 aliphatic rings. The molecule has 0 amide bonds. The van der Waals surface area contributed by atoms with Crippen LogP contribution >= 0.6 is 0 Å². The molecule has 1 aromatic rings. The van der Waals surface area contributed by atoms with Crippen molar-refractivity contribution in [2.75, 3.05) is 0 Å². The molecule has 0 atom stereocenters. The highest BCUT2D eigenvalue weighted by atomic mass is 15.1. The fourth-order valence-electron chi connectivity index (χ4n) is 3.01. The number of aryl methyl sites for hydroxylation is 1. The number of imidazole rings is 1. The molecule has 1 saturated carbocycles. The Morgan fingerprint density at radius 3 is 2.76 bits per heavy atom. The molecule has 1 aromatic heterocycles. The summed E-state index contributed by atoms with van der Waals surface area (Å²) in [7, 11) is 0. The number of nitrogens with two attached hydrogens (primary N) is 1. The monoisotopic (exact) mass is 235 g/mol. The first-order chi connectivity index (χ1) is 8.35. The molecular formula is C14H25N3. The summed E-state index contributed by atoms with van der Waals surface area (Å²) in [6.45, 7) is 3.77. The number of hydrogen-bond donors (Lipinski definition) is 1. The highest BCUT2D eigenvalue weighted by molar-refractivity contribution is 5.05. The molecule has 0 saturated heterocycles. The van der Waals surface area contributed by atoms with Crippen molar-refractivity contribution in [3.63, 3.8) is 0 Å². The van der Waals surface area contributed by atoms with Crippen LogP contribution in [0.3, 0.4) is 0 Å². The average Bonchev–Trinajstić information content (AvgIpc) is 2.79. The second-order valence-corrected chi connectivity index (χ2v) is 5.16. The van der Waals surface area contributed by atoms with Gasteiger partial charge < -0.3 is 10.3 Å². The van der Waals surface area contributed by atoms with Crippen LogP contribution < -0.4 is 5.73 Å². The number of hydrogen-bond acceptors (Lipinski definition) is 2. The zero-order valence-electron chi connectivity index (χ0n) is 11.0. The SMILES string of the molecule is CCn1c(CN)cnc1CCC1CCCCC1. The molecule has 0 bridgehead atoms. The van der Waals surface area contributed by atoms with Gasteiger partial charge in [0.1, 0.15) is 5.82 Å². The lowest BCUT2D eigenvalue weighted by Gasteiger charge is -2.21. The summed E-state index contributed by atoms with van der Waals surface area (Å²) in [4.78, 5) is 4.53. The van der Waals surface area contributed by atoms with Gasteiger partial charge in [0.15, 0.2) is 0 Å². The topological polar surface area (TPSA) is 43.8 Å². The van der Waals surface area contributed by atoms with Crippen LogP contribution in [0.15, 0.2) is 6.20 Å². The van der Waals surface area contributed by atoms with Crippen LogP contribution in [0.1, 0.15) is 57.0 Å². The fourth-order valence-corrected chi connectivity index (χ4v) is 3.01. The van der Waals surface area contributed by atoms with Crippen molar-refractivity contribution in [2.24, 2.45) is 11.7 Å². The van der Waals surface area contributed by atoms with Crippen LogP contribution in [-0.2, 0) is 19.5 Å². The predicted octanol–water partition coefficient (Wildman–Crippen LogP) is 2.87. The van der Waals surface area contributed by atoms with E-state index in [1.807, 2.05) is 6.20 Å². The van der Waals surface area contributed by atoms with Crippen LogP contribution in [-0.4, -0.2) is 9.55 Å². The van der Waals surface area contributed by atoms with Crippen molar-refractivity contribution in [1.29, 1.82) is 0 Å².